The van der Waals surface area contributed by atoms with Crippen molar-refractivity contribution in [3.8, 4) is 0 Å². The molecule has 0 bridgehead atoms. The number of hydrogen-bond acceptors (Lipinski definition) is 3. The lowest BCUT2D eigenvalue weighted by molar-refractivity contribution is 0.0950. The van der Waals surface area contributed by atoms with Crippen LogP contribution in [0, 0.1) is 13.8 Å². The first-order valence-electron chi connectivity index (χ1n) is 6.32. The number of rotatable bonds is 4. The van der Waals surface area contributed by atoms with Crippen molar-refractivity contribution in [2.45, 2.75) is 33.9 Å². The van der Waals surface area contributed by atoms with Gasteiger partial charge in [0.25, 0.3) is 5.91 Å². The summed E-state index contributed by atoms with van der Waals surface area (Å²) < 4.78 is 3.51. The zero-order valence-corrected chi connectivity index (χ0v) is 11.8. The molecule has 0 atom stereocenters. The molecular formula is C13H19N5O. The van der Waals surface area contributed by atoms with E-state index in [1.807, 2.05) is 31.6 Å². The van der Waals surface area contributed by atoms with Crippen molar-refractivity contribution in [3.63, 3.8) is 0 Å². The number of aryl methyl sites for hydroxylation is 4. The molecule has 0 spiro atoms. The summed E-state index contributed by atoms with van der Waals surface area (Å²) in [5, 5.41) is 11.4. The maximum atomic E-state index is 12.0. The van der Waals surface area contributed by atoms with E-state index in [2.05, 4.69) is 15.5 Å². The number of amides is 1. The molecule has 6 heteroatoms. The minimum absolute atomic E-state index is 0.103. The van der Waals surface area contributed by atoms with Crippen LogP contribution in [-0.4, -0.2) is 25.5 Å². The highest BCUT2D eigenvalue weighted by atomic mass is 16.1. The first-order valence-corrected chi connectivity index (χ1v) is 6.32. The predicted octanol–water partition coefficient (Wildman–Crippen LogP) is 1.18. The van der Waals surface area contributed by atoms with Crippen molar-refractivity contribution < 1.29 is 4.79 Å². The van der Waals surface area contributed by atoms with E-state index in [1.165, 1.54) is 0 Å². The van der Waals surface area contributed by atoms with Gasteiger partial charge >= 0.3 is 0 Å². The zero-order valence-electron chi connectivity index (χ0n) is 11.8. The second-order valence-corrected chi connectivity index (χ2v) is 4.58. The predicted molar refractivity (Wildman–Crippen MR) is 71.8 cm³/mol. The fraction of sp³-hybridized carbons (Fsp3) is 0.462. The van der Waals surface area contributed by atoms with Crippen molar-refractivity contribution in [2.75, 3.05) is 0 Å². The van der Waals surface area contributed by atoms with Crippen LogP contribution < -0.4 is 5.32 Å². The Bertz CT molecular complexity index is 596. The molecule has 2 heterocycles. The van der Waals surface area contributed by atoms with Gasteiger partial charge in [0.15, 0.2) is 0 Å². The van der Waals surface area contributed by atoms with Crippen LogP contribution in [0.2, 0.25) is 0 Å². The van der Waals surface area contributed by atoms with E-state index in [0.717, 1.165) is 23.5 Å². The van der Waals surface area contributed by atoms with Gasteiger partial charge in [0.05, 0.1) is 17.0 Å². The van der Waals surface area contributed by atoms with E-state index >= 15 is 0 Å². The summed E-state index contributed by atoms with van der Waals surface area (Å²) in [4.78, 5) is 12.0. The van der Waals surface area contributed by atoms with Gasteiger partial charge in [0.1, 0.15) is 0 Å². The number of hydrogen-bond donors (Lipinski definition) is 1. The molecule has 0 saturated heterocycles. The van der Waals surface area contributed by atoms with Crippen LogP contribution >= 0.6 is 0 Å². The van der Waals surface area contributed by atoms with Crippen LogP contribution in [0.25, 0.3) is 0 Å². The number of carbonyl (C=O) groups is 1. The molecule has 0 radical (unpaired) electrons. The molecule has 0 aromatic carbocycles. The highest BCUT2D eigenvalue weighted by molar-refractivity contribution is 5.94. The van der Waals surface area contributed by atoms with Crippen LogP contribution in [0.1, 0.15) is 34.2 Å². The fourth-order valence-electron chi connectivity index (χ4n) is 1.99. The van der Waals surface area contributed by atoms with E-state index in [-0.39, 0.29) is 5.91 Å². The number of carbonyl (C=O) groups excluding carboxylic acids is 1. The Hall–Kier alpha value is -2.11. The third-order valence-electron chi connectivity index (χ3n) is 3.07. The maximum Gasteiger partial charge on any atom is 0.255 e. The minimum Gasteiger partial charge on any atom is -0.348 e. The van der Waals surface area contributed by atoms with Gasteiger partial charge < -0.3 is 5.32 Å². The summed E-state index contributed by atoms with van der Waals surface area (Å²) in [6, 6.07) is 0. The lowest BCUT2D eigenvalue weighted by Gasteiger charge is -2.02. The first kappa shape index (κ1) is 13.3. The van der Waals surface area contributed by atoms with Crippen molar-refractivity contribution in [1.82, 2.24) is 24.9 Å². The zero-order chi connectivity index (χ0) is 14.0. The van der Waals surface area contributed by atoms with Crippen molar-refractivity contribution >= 4 is 5.91 Å². The van der Waals surface area contributed by atoms with Gasteiger partial charge in [0, 0.05) is 38.1 Å². The van der Waals surface area contributed by atoms with Crippen molar-refractivity contribution in [3.05, 3.63) is 34.9 Å². The lowest BCUT2D eigenvalue weighted by Crippen LogP contribution is -2.23. The molecule has 1 N–H and O–H groups in total. The molecule has 1 amide bonds. The Morgan fingerprint density at radius 3 is 2.53 bits per heavy atom. The molecule has 6 nitrogen and oxygen atoms in total. The van der Waals surface area contributed by atoms with E-state index in [0.29, 0.717) is 12.1 Å². The smallest absolute Gasteiger partial charge is 0.255 e. The molecule has 19 heavy (non-hydrogen) atoms. The van der Waals surface area contributed by atoms with Gasteiger partial charge in [-0.15, -0.1) is 0 Å². The van der Waals surface area contributed by atoms with Gasteiger partial charge in [-0.1, -0.05) is 0 Å². The van der Waals surface area contributed by atoms with Crippen LogP contribution in [-0.2, 0) is 20.1 Å². The Morgan fingerprint density at radius 2 is 2.00 bits per heavy atom. The van der Waals surface area contributed by atoms with Gasteiger partial charge in [-0.25, -0.2) is 0 Å². The van der Waals surface area contributed by atoms with E-state index in [4.69, 9.17) is 0 Å². The van der Waals surface area contributed by atoms with Crippen LogP contribution in [0.4, 0.5) is 0 Å². The third-order valence-corrected chi connectivity index (χ3v) is 3.07. The second kappa shape index (κ2) is 5.26. The number of aromatic nitrogens is 4. The summed E-state index contributed by atoms with van der Waals surface area (Å²) in [6.07, 6.45) is 3.69. The monoisotopic (exact) mass is 261 g/mol. The van der Waals surface area contributed by atoms with Crippen LogP contribution in [0.3, 0.4) is 0 Å². The average molecular weight is 261 g/mol. The average Bonchev–Trinajstić information content (AvgIpc) is 2.89. The first-order chi connectivity index (χ1) is 9.01. The summed E-state index contributed by atoms with van der Waals surface area (Å²) in [5.41, 5.74) is 3.34. The Labute approximate surface area is 112 Å². The quantitative estimate of drug-likeness (QED) is 0.899. The molecule has 0 aliphatic rings. The van der Waals surface area contributed by atoms with Crippen LogP contribution in [0.15, 0.2) is 12.4 Å². The van der Waals surface area contributed by atoms with Gasteiger partial charge in [-0.05, 0) is 20.8 Å². The standard InChI is InChI=1S/C13H19N5O/c1-5-18-7-11(9(2)16-18)6-14-13(19)12-8-17(4)15-10(12)3/h7-8H,5-6H2,1-4H3,(H,14,19). The summed E-state index contributed by atoms with van der Waals surface area (Å²) >= 11 is 0. The number of nitrogens with one attached hydrogen (secondary N) is 1. The molecule has 2 aromatic rings. The highest BCUT2D eigenvalue weighted by Crippen LogP contribution is 2.07. The fourth-order valence-corrected chi connectivity index (χ4v) is 1.99. The third kappa shape index (κ3) is 2.83. The van der Waals surface area contributed by atoms with Crippen molar-refractivity contribution in [1.29, 1.82) is 0 Å². The molecular weight excluding hydrogens is 242 g/mol. The molecule has 0 aliphatic heterocycles. The molecule has 102 valence electrons. The van der Waals surface area contributed by atoms with Crippen molar-refractivity contribution in [2.24, 2.45) is 7.05 Å². The molecule has 0 saturated carbocycles. The Morgan fingerprint density at radius 1 is 1.26 bits per heavy atom. The molecule has 0 fully saturated rings. The minimum atomic E-state index is -0.103. The largest absolute Gasteiger partial charge is 0.348 e. The summed E-state index contributed by atoms with van der Waals surface area (Å²) in [6.45, 7) is 7.13. The Balaban J connectivity index is 2.04. The van der Waals surface area contributed by atoms with Crippen LogP contribution in [0.5, 0.6) is 0 Å². The van der Waals surface area contributed by atoms with Gasteiger partial charge in [-0.2, -0.15) is 10.2 Å². The number of nitrogens with zero attached hydrogens (tertiary/aromatic N) is 4. The normalized spacial score (nSPS) is 10.7. The molecule has 0 aliphatic carbocycles. The maximum absolute atomic E-state index is 12.0. The van der Waals surface area contributed by atoms with Gasteiger partial charge in [-0.3, -0.25) is 14.2 Å². The van der Waals surface area contributed by atoms with Gasteiger partial charge in [0.2, 0.25) is 0 Å². The molecule has 2 rings (SSSR count). The summed E-state index contributed by atoms with van der Waals surface area (Å²) in [7, 11) is 1.80. The highest BCUT2D eigenvalue weighted by Gasteiger charge is 2.13. The summed E-state index contributed by atoms with van der Waals surface area (Å²) in [5.74, 6) is -0.103. The molecule has 2 aromatic heterocycles. The lowest BCUT2D eigenvalue weighted by atomic mass is 10.2. The Kier molecular flexibility index (Phi) is 3.69. The molecule has 0 unspecified atom stereocenters. The topological polar surface area (TPSA) is 64.7 Å². The second-order valence-electron chi connectivity index (χ2n) is 4.58. The van der Waals surface area contributed by atoms with E-state index in [1.54, 1.807) is 17.9 Å². The SMILES string of the molecule is CCn1cc(CNC(=O)c2cn(C)nc2C)c(C)n1. The van der Waals surface area contributed by atoms with E-state index in [9.17, 15) is 4.79 Å². The van der Waals surface area contributed by atoms with E-state index < -0.39 is 0 Å².